The van der Waals surface area contributed by atoms with Crippen molar-refractivity contribution in [2.45, 2.75) is 57.1 Å². The first-order chi connectivity index (χ1) is 12.1. The van der Waals surface area contributed by atoms with Crippen molar-refractivity contribution in [3.8, 4) is 0 Å². The number of carbonyl (C=O) groups is 2. The molecule has 1 aliphatic heterocycles. The molecule has 8 nitrogen and oxygen atoms in total. The van der Waals surface area contributed by atoms with Gasteiger partial charge in [-0.15, -0.1) is 0 Å². The van der Waals surface area contributed by atoms with Gasteiger partial charge < -0.3 is 29.9 Å². The zero-order chi connectivity index (χ0) is 19.7. The van der Waals surface area contributed by atoms with Gasteiger partial charge in [0.1, 0.15) is 0 Å². The van der Waals surface area contributed by atoms with Crippen molar-refractivity contribution < 1.29 is 29.3 Å². The predicted molar refractivity (Wildman–Crippen MR) is 101 cm³/mol. The third kappa shape index (κ3) is 9.40. The summed E-state index contributed by atoms with van der Waals surface area (Å²) < 4.78 is 10.6. The van der Waals surface area contributed by atoms with E-state index < -0.39 is 32.4 Å². The van der Waals surface area contributed by atoms with Crippen molar-refractivity contribution in [3.63, 3.8) is 0 Å². The van der Waals surface area contributed by atoms with E-state index in [1.807, 2.05) is 0 Å². The van der Waals surface area contributed by atoms with Crippen LogP contribution in [0.1, 0.15) is 19.3 Å². The Balaban J connectivity index is 2.50. The summed E-state index contributed by atoms with van der Waals surface area (Å²) in [6.45, 7) is 8.30. The lowest BCUT2D eigenvalue weighted by Crippen LogP contribution is -2.49. The number of nitrogens with one attached hydrogen (secondary N) is 1. The third-order valence-electron chi connectivity index (χ3n) is 4.55. The Bertz CT molecular complexity index is 451. The van der Waals surface area contributed by atoms with Gasteiger partial charge in [-0.2, -0.15) is 0 Å². The zero-order valence-electron chi connectivity index (χ0n) is 16.4. The number of hydrogen-bond donors (Lipinski definition) is 3. The maximum Gasteiger partial charge on any atom is 0.409 e. The van der Waals surface area contributed by atoms with E-state index in [1.165, 1.54) is 4.90 Å². The molecule has 0 unspecified atom stereocenters. The highest BCUT2D eigenvalue weighted by Crippen LogP contribution is 2.21. The summed E-state index contributed by atoms with van der Waals surface area (Å²) in [5.41, 5.74) is 0. The van der Waals surface area contributed by atoms with E-state index in [4.69, 9.17) is 14.6 Å². The highest BCUT2D eigenvalue weighted by Gasteiger charge is 2.28. The van der Waals surface area contributed by atoms with E-state index in [1.54, 1.807) is 7.05 Å². The Morgan fingerprint density at radius 3 is 2.46 bits per heavy atom. The van der Waals surface area contributed by atoms with Gasteiger partial charge in [0.15, 0.2) is 0 Å². The molecule has 1 heterocycles. The molecule has 0 aromatic rings. The molecule has 0 aromatic carbocycles. The molecule has 0 spiro atoms. The number of aliphatic hydroxyl groups excluding tert-OH is 1. The first kappa shape index (κ1) is 22.7. The van der Waals surface area contributed by atoms with E-state index >= 15 is 0 Å². The topological polar surface area (TPSA) is 108 Å². The number of ether oxygens (including phenoxy) is 2. The van der Waals surface area contributed by atoms with Crippen LogP contribution < -0.4 is 5.32 Å². The van der Waals surface area contributed by atoms with E-state index in [0.717, 1.165) is 18.9 Å². The van der Waals surface area contributed by atoms with Gasteiger partial charge in [0.2, 0.25) is 0 Å². The molecular weight excluding hydrogens is 356 g/mol. The van der Waals surface area contributed by atoms with Crippen LogP contribution in [0.2, 0.25) is 25.7 Å². The lowest BCUT2D eigenvalue weighted by Gasteiger charge is -2.31. The molecular formula is C17H34N2O6Si. The third-order valence-corrected chi connectivity index (χ3v) is 6.26. The van der Waals surface area contributed by atoms with Crippen LogP contribution in [0.25, 0.3) is 0 Å². The lowest BCUT2D eigenvalue weighted by atomic mass is 9.90. The van der Waals surface area contributed by atoms with Crippen LogP contribution >= 0.6 is 0 Å². The van der Waals surface area contributed by atoms with Gasteiger partial charge in [-0.1, -0.05) is 19.6 Å². The van der Waals surface area contributed by atoms with Gasteiger partial charge in [0, 0.05) is 28.3 Å². The van der Waals surface area contributed by atoms with Crippen molar-refractivity contribution in [3.05, 3.63) is 0 Å². The van der Waals surface area contributed by atoms with Gasteiger partial charge in [-0.05, 0) is 31.2 Å². The van der Waals surface area contributed by atoms with Crippen molar-refractivity contribution in [2.24, 2.45) is 5.92 Å². The second-order valence-corrected chi connectivity index (χ2v) is 13.8. The molecule has 2 atom stereocenters. The van der Waals surface area contributed by atoms with Crippen LogP contribution in [-0.2, 0) is 9.47 Å². The molecule has 0 aromatic heterocycles. The average molecular weight is 391 g/mol. The molecule has 1 rings (SSSR count). The zero-order valence-corrected chi connectivity index (χ0v) is 17.4. The quantitative estimate of drug-likeness (QED) is 0.521. The van der Waals surface area contributed by atoms with Crippen LogP contribution in [0.4, 0.5) is 9.59 Å². The van der Waals surface area contributed by atoms with Crippen molar-refractivity contribution in [2.75, 3.05) is 33.4 Å². The number of rotatable bonds is 9. The van der Waals surface area contributed by atoms with Crippen LogP contribution in [-0.4, -0.2) is 80.9 Å². The van der Waals surface area contributed by atoms with Gasteiger partial charge in [0.25, 0.3) is 0 Å². The summed E-state index contributed by atoms with van der Waals surface area (Å²) in [7, 11) is 0.265. The molecule has 0 bridgehead atoms. The molecule has 152 valence electrons. The molecule has 1 saturated heterocycles. The smallest absolute Gasteiger partial charge is 0.409 e. The molecule has 1 aliphatic rings. The summed E-state index contributed by atoms with van der Waals surface area (Å²) in [6, 6.07) is 0.245. The predicted octanol–water partition coefficient (Wildman–Crippen LogP) is 2.21. The fourth-order valence-corrected chi connectivity index (χ4v) is 3.56. The second-order valence-electron chi connectivity index (χ2n) is 8.22. The number of carbonyl (C=O) groups excluding carboxylic acids is 1. The first-order valence-electron chi connectivity index (χ1n) is 9.21. The average Bonchev–Trinajstić information content (AvgIpc) is 2.53. The first-order valence-corrected chi connectivity index (χ1v) is 12.9. The molecule has 0 radical (unpaired) electrons. The van der Waals surface area contributed by atoms with E-state index in [2.05, 4.69) is 25.0 Å². The molecule has 2 amide bonds. The summed E-state index contributed by atoms with van der Waals surface area (Å²) in [6.07, 6.45) is -0.458. The maximum absolute atomic E-state index is 12.1. The summed E-state index contributed by atoms with van der Waals surface area (Å²) in [5.74, 6) is 0.296. The van der Waals surface area contributed by atoms with Gasteiger partial charge in [0.05, 0.1) is 25.3 Å². The number of amides is 2. The maximum atomic E-state index is 12.1. The number of carboxylic acid groups (broad SMARTS) is 1. The lowest BCUT2D eigenvalue weighted by molar-refractivity contribution is 0.0383. The highest BCUT2D eigenvalue weighted by molar-refractivity contribution is 6.76. The summed E-state index contributed by atoms with van der Waals surface area (Å²) in [5, 5.41) is 21.9. The van der Waals surface area contributed by atoms with Gasteiger partial charge in [-0.25, -0.2) is 9.59 Å². The standard InChI is InChI=1S/C17H34N2O6Si/c1-19(17(23)25-9-10-26(2,3)4)12-15(20)14(18-16(21)22)11-13-5-7-24-8-6-13/h13-15,18,20H,5-12H2,1-4H3,(H,21,22)/t14-,15-/m0/s1. The molecule has 0 saturated carbocycles. The Kier molecular flexibility index (Phi) is 9.38. The minimum absolute atomic E-state index is 0.0138. The molecule has 3 N–H and O–H groups in total. The Hall–Kier alpha value is -1.32. The molecule has 26 heavy (non-hydrogen) atoms. The molecule has 0 aliphatic carbocycles. The highest BCUT2D eigenvalue weighted by atomic mass is 28.3. The van der Waals surface area contributed by atoms with E-state index in [-0.39, 0.29) is 6.54 Å². The molecule has 1 fully saturated rings. The summed E-state index contributed by atoms with van der Waals surface area (Å²) >= 11 is 0. The Labute approximate surface area is 156 Å². The number of likely N-dealkylation sites (N-methyl/N-ethyl adjacent to an activating group) is 1. The number of nitrogens with zero attached hydrogens (tertiary/aromatic N) is 1. The largest absolute Gasteiger partial charge is 0.465 e. The van der Waals surface area contributed by atoms with Crippen LogP contribution in [0.3, 0.4) is 0 Å². The second kappa shape index (κ2) is 10.7. The molecule has 9 heteroatoms. The van der Waals surface area contributed by atoms with Crippen molar-refractivity contribution >= 4 is 20.3 Å². The fourth-order valence-electron chi connectivity index (χ4n) is 2.85. The van der Waals surface area contributed by atoms with E-state index in [0.29, 0.717) is 32.2 Å². The minimum Gasteiger partial charge on any atom is -0.465 e. The van der Waals surface area contributed by atoms with Gasteiger partial charge in [-0.3, -0.25) is 0 Å². The summed E-state index contributed by atoms with van der Waals surface area (Å²) in [4.78, 5) is 24.4. The minimum atomic E-state index is -1.28. The van der Waals surface area contributed by atoms with Crippen molar-refractivity contribution in [1.82, 2.24) is 10.2 Å². The van der Waals surface area contributed by atoms with Crippen LogP contribution in [0.5, 0.6) is 0 Å². The monoisotopic (exact) mass is 390 g/mol. The normalized spacial score (nSPS) is 18.0. The Morgan fingerprint density at radius 1 is 1.31 bits per heavy atom. The van der Waals surface area contributed by atoms with Crippen LogP contribution in [0.15, 0.2) is 0 Å². The Morgan fingerprint density at radius 2 is 1.92 bits per heavy atom. The van der Waals surface area contributed by atoms with Crippen LogP contribution in [0, 0.1) is 5.92 Å². The van der Waals surface area contributed by atoms with Crippen molar-refractivity contribution in [1.29, 1.82) is 0 Å². The number of aliphatic hydroxyl groups is 1. The SMILES string of the molecule is CN(C[C@H](O)[C@H](CC1CCOCC1)NC(=O)O)C(=O)OCC[Si](C)(C)C. The number of hydrogen-bond acceptors (Lipinski definition) is 5. The fraction of sp³-hybridized carbons (Fsp3) is 0.882. The van der Waals surface area contributed by atoms with E-state index in [9.17, 15) is 14.7 Å². The van der Waals surface area contributed by atoms with Gasteiger partial charge >= 0.3 is 12.2 Å².